The minimum Gasteiger partial charge on any atom is -0.481 e. The van der Waals surface area contributed by atoms with Gasteiger partial charge in [-0.3, -0.25) is 18.5 Å². The number of allylic oxidation sites excluding steroid dienone is 4. The van der Waals surface area contributed by atoms with Crippen molar-refractivity contribution < 1.29 is 77.1 Å². The second-order valence-electron chi connectivity index (χ2n) is 18.0. The Morgan fingerprint density at radius 2 is 1.37 bits per heavy atom. The number of carboxylic acids is 1. The van der Waals surface area contributed by atoms with Crippen molar-refractivity contribution >= 4 is 75.0 Å². The lowest BCUT2D eigenvalue weighted by atomic mass is 9.74. The normalized spacial score (nSPS) is 19.0. The lowest BCUT2D eigenvalue weighted by molar-refractivity contribution is -0.441. The van der Waals surface area contributed by atoms with Crippen LogP contribution in [-0.4, -0.2) is 146 Å². The molecule has 0 bridgehead atoms. The van der Waals surface area contributed by atoms with Crippen molar-refractivity contribution in [2.75, 3.05) is 90.8 Å². The Morgan fingerprint density at radius 1 is 0.690 bits per heavy atom. The lowest BCUT2D eigenvalue weighted by Crippen LogP contribution is -2.33. The molecule has 2 atom stereocenters. The number of fused-ring (bicyclic) bond motifs is 6. The van der Waals surface area contributed by atoms with Crippen LogP contribution in [0.3, 0.4) is 0 Å². The first-order valence-corrected chi connectivity index (χ1v) is 27.9. The van der Waals surface area contributed by atoms with Gasteiger partial charge in [0.1, 0.15) is 11.5 Å². The van der Waals surface area contributed by atoms with E-state index >= 15 is 0 Å². The summed E-state index contributed by atoms with van der Waals surface area (Å²) in [6, 6.07) is 17.1. The van der Waals surface area contributed by atoms with E-state index < -0.39 is 62.7 Å². The van der Waals surface area contributed by atoms with E-state index in [1.54, 1.807) is 20.3 Å². The number of carboxylic acid groups (broad SMARTS) is 1. The maximum absolute atomic E-state index is 12.9. The summed E-state index contributed by atoms with van der Waals surface area (Å²) in [6.07, 6.45) is 8.00. The van der Waals surface area contributed by atoms with Crippen LogP contribution in [0.15, 0.2) is 94.4 Å². The monoisotopic (exact) mass is 1050 g/mol. The predicted octanol–water partition coefficient (Wildman–Crippen LogP) is 7.11. The second kappa shape index (κ2) is 23.9. The standard InChI is InChI=1S/C50H64N2O16S3/c1-49(21-11-33-69(55,56)57)44(52(24-26-64-3)41-19-17-36-12-7-8-13-38(36)47(41)49)14-10-15-45-50(2,22-25-66-29-30-68-32-31-67-28-27-65-4)48-40-34-37(70(58,59)60)35-43(71(61,62)63)39(40)18-20-42(48)51(45)23-9-5-6-16-46(53)54/h7-8,10,12-15,17-20,34-35H,5-6,9,11,16,21-33H2,1-4H3,(H3-,53,54,55,56,57,58,59,60,61,62,63)/p+1. The van der Waals surface area contributed by atoms with E-state index in [0.717, 1.165) is 33.8 Å². The summed E-state index contributed by atoms with van der Waals surface area (Å²) in [5.74, 6) is -1.36. The number of ether oxygens (including phenoxy) is 5. The molecule has 0 fully saturated rings. The first-order valence-electron chi connectivity index (χ1n) is 23.4. The molecule has 2 heterocycles. The number of aliphatic carboxylic acids is 1. The van der Waals surface area contributed by atoms with Crippen LogP contribution in [0.25, 0.3) is 21.5 Å². The van der Waals surface area contributed by atoms with Gasteiger partial charge >= 0.3 is 5.97 Å². The maximum Gasteiger partial charge on any atom is 0.303 e. The zero-order valence-electron chi connectivity index (χ0n) is 40.5. The van der Waals surface area contributed by atoms with E-state index in [1.807, 2.05) is 66.4 Å². The van der Waals surface area contributed by atoms with Gasteiger partial charge in [-0.15, -0.1) is 0 Å². The highest BCUT2D eigenvalue weighted by Crippen LogP contribution is 2.54. The Bertz CT molecular complexity index is 3010. The summed E-state index contributed by atoms with van der Waals surface area (Å²) in [7, 11) is -11.1. The van der Waals surface area contributed by atoms with Gasteiger partial charge in [-0.1, -0.05) is 42.8 Å². The maximum atomic E-state index is 12.9. The van der Waals surface area contributed by atoms with Gasteiger partial charge in [0.15, 0.2) is 12.3 Å². The smallest absolute Gasteiger partial charge is 0.303 e. The van der Waals surface area contributed by atoms with Gasteiger partial charge in [0.05, 0.1) is 55.7 Å². The van der Waals surface area contributed by atoms with Crippen molar-refractivity contribution in [1.29, 1.82) is 0 Å². The largest absolute Gasteiger partial charge is 0.481 e. The molecule has 0 spiro atoms. The summed E-state index contributed by atoms with van der Waals surface area (Å²) in [6.45, 7) is 7.34. The lowest BCUT2D eigenvalue weighted by Gasteiger charge is -2.31. The molecule has 4 aromatic carbocycles. The van der Waals surface area contributed by atoms with Gasteiger partial charge in [0.2, 0.25) is 5.69 Å². The molecule has 2 aliphatic rings. The quantitative estimate of drug-likeness (QED) is 0.0240. The third-order valence-corrected chi connectivity index (χ3v) is 15.8. The SMILES string of the molecule is COCCOCCOCCOCCC1(C)C(=CC=CC2=[N+](CCOC)c3ccc4ccccc4c3C2(C)CCCS(=O)(=O)O)N(CCCCCC(=O)O)c2ccc3c(S(=O)(=O)O)cc(S(=O)(=O)O)cc3c21. The average molecular weight is 1050 g/mol. The van der Waals surface area contributed by atoms with Gasteiger partial charge < -0.3 is 33.7 Å². The fraction of sp³-hybridized carbons (Fsp3) is 0.480. The molecule has 6 rings (SSSR count). The zero-order valence-corrected chi connectivity index (χ0v) is 43.0. The van der Waals surface area contributed by atoms with Crippen molar-refractivity contribution in [3.8, 4) is 0 Å². The number of carbonyl (C=O) groups is 1. The first-order chi connectivity index (χ1) is 33.7. The molecular formula is C50H65N2O16S3+. The molecular weight excluding hydrogens is 981 g/mol. The van der Waals surface area contributed by atoms with E-state index in [1.165, 1.54) is 12.1 Å². The van der Waals surface area contributed by atoms with Crippen LogP contribution in [0.4, 0.5) is 11.4 Å². The minimum atomic E-state index is -5.04. The molecule has 4 aromatic rings. The molecule has 21 heteroatoms. The fourth-order valence-corrected chi connectivity index (χ4v) is 11.8. The summed E-state index contributed by atoms with van der Waals surface area (Å²) < 4.78 is 136. The van der Waals surface area contributed by atoms with Crippen molar-refractivity contribution in [2.45, 2.75) is 79.4 Å². The Labute approximate surface area is 416 Å². The Balaban J connectivity index is 1.51. The molecule has 388 valence electrons. The molecule has 0 aromatic heterocycles. The number of unbranched alkanes of at least 4 members (excludes halogenated alkanes) is 2. The number of hydrogen-bond donors (Lipinski definition) is 4. The summed E-state index contributed by atoms with van der Waals surface area (Å²) in [5.41, 5.74) is 2.67. The summed E-state index contributed by atoms with van der Waals surface area (Å²) in [5, 5.41) is 11.5. The predicted molar refractivity (Wildman–Crippen MR) is 269 cm³/mol. The Kier molecular flexibility index (Phi) is 18.8. The van der Waals surface area contributed by atoms with Crippen molar-refractivity contribution in [1.82, 2.24) is 0 Å². The van der Waals surface area contributed by atoms with Crippen LogP contribution in [0.2, 0.25) is 0 Å². The molecule has 18 nitrogen and oxygen atoms in total. The molecule has 0 saturated heterocycles. The van der Waals surface area contributed by atoms with E-state index in [-0.39, 0.29) is 49.9 Å². The zero-order chi connectivity index (χ0) is 51.6. The fourth-order valence-electron chi connectivity index (χ4n) is 9.95. The second-order valence-corrected chi connectivity index (χ2v) is 22.4. The van der Waals surface area contributed by atoms with Crippen molar-refractivity contribution in [3.63, 3.8) is 0 Å². The Hall–Kier alpha value is -4.65. The molecule has 0 saturated carbocycles. The van der Waals surface area contributed by atoms with Crippen molar-refractivity contribution in [2.24, 2.45) is 0 Å². The van der Waals surface area contributed by atoms with Gasteiger partial charge in [0, 0.05) is 73.7 Å². The number of nitrogens with zero attached hydrogens (tertiary/aromatic N) is 2. The molecule has 0 radical (unpaired) electrons. The molecule has 4 N–H and O–H groups in total. The minimum absolute atomic E-state index is 0.0195. The van der Waals surface area contributed by atoms with Crippen LogP contribution >= 0.6 is 0 Å². The number of methoxy groups -OCH3 is 2. The number of anilines is 1. The van der Waals surface area contributed by atoms with E-state index in [9.17, 15) is 48.8 Å². The summed E-state index contributed by atoms with van der Waals surface area (Å²) in [4.78, 5) is 12.0. The highest BCUT2D eigenvalue weighted by atomic mass is 32.2. The molecule has 71 heavy (non-hydrogen) atoms. The Morgan fingerprint density at radius 3 is 2.01 bits per heavy atom. The van der Waals surface area contributed by atoms with Gasteiger partial charge in [-0.2, -0.15) is 29.8 Å². The first kappa shape index (κ1) is 55.7. The van der Waals surface area contributed by atoms with E-state index in [4.69, 9.17) is 23.7 Å². The van der Waals surface area contributed by atoms with Crippen LogP contribution < -0.4 is 4.90 Å². The van der Waals surface area contributed by atoms with Crippen LogP contribution in [0.1, 0.15) is 69.9 Å². The van der Waals surface area contributed by atoms with E-state index in [0.29, 0.717) is 88.8 Å². The highest BCUT2D eigenvalue weighted by Gasteiger charge is 2.49. The molecule has 2 unspecified atom stereocenters. The van der Waals surface area contributed by atoms with E-state index in [2.05, 4.69) is 11.5 Å². The van der Waals surface area contributed by atoms with Gasteiger partial charge in [-0.05, 0) is 98.0 Å². The van der Waals surface area contributed by atoms with Crippen LogP contribution in [0.5, 0.6) is 0 Å². The van der Waals surface area contributed by atoms with Gasteiger partial charge in [0.25, 0.3) is 30.4 Å². The van der Waals surface area contributed by atoms with Gasteiger partial charge in [-0.25, -0.2) is 0 Å². The molecule has 2 aliphatic heterocycles. The number of benzene rings is 4. The summed E-state index contributed by atoms with van der Waals surface area (Å²) >= 11 is 0. The number of hydrogen-bond acceptors (Lipinski definition) is 13. The van der Waals surface area contributed by atoms with Crippen molar-refractivity contribution in [3.05, 3.63) is 95.7 Å². The number of rotatable bonds is 29. The topological polar surface area (TPSA) is 253 Å². The highest BCUT2D eigenvalue weighted by molar-refractivity contribution is 7.87. The third kappa shape index (κ3) is 13.3. The van der Waals surface area contributed by atoms with Crippen LogP contribution in [-0.2, 0) is 69.7 Å². The molecule has 0 amide bonds. The molecule has 0 aliphatic carbocycles. The van der Waals surface area contributed by atoms with Crippen LogP contribution in [0, 0.1) is 0 Å². The third-order valence-electron chi connectivity index (χ3n) is 13.2. The average Bonchev–Trinajstić information content (AvgIpc) is 3.68.